The predicted molar refractivity (Wildman–Crippen MR) is 58.5 cm³/mol. The second-order valence-corrected chi connectivity index (χ2v) is 3.91. The van der Waals surface area contributed by atoms with Gasteiger partial charge in [-0.3, -0.25) is 9.59 Å². The number of alkyl halides is 3. The van der Waals surface area contributed by atoms with Crippen LogP contribution in [0.4, 0.5) is 13.2 Å². The van der Waals surface area contributed by atoms with Crippen molar-refractivity contribution in [2.75, 3.05) is 0 Å². The number of carbonyl (C=O) groups is 2. The molecular formula is C11H5ClF3NO2. The standard InChI is InChI=1S/C11H5ClF3NO2/c12-10(18)9(17)7-4-16-8-2-1-5(3-6(7)8)11(13,14)15/h1-4,16H. The summed E-state index contributed by atoms with van der Waals surface area (Å²) in [6.45, 7) is 0. The minimum Gasteiger partial charge on any atom is -0.360 e. The summed E-state index contributed by atoms with van der Waals surface area (Å²) in [6.07, 6.45) is -3.36. The lowest BCUT2D eigenvalue weighted by atomic mass is 10.1. The SMILES string of the molecule is O=C(Cl)C(=O)c1c[nH]c2ccc(C(F)(F)F)cc12. The van der Waals surface area contributed by atoms with Crippen molar-refractivity contribution in [3.63, 3.8) is 0 Å². The highest BCUT2D eigenvalue weighted by molar-refractivity contribution is 6.83. The maximum Gasteiger partial charge on any atom is 0.416 e. The Morgan fingerprint density at radius 2 is 1.89 bits per heavy atom. The van der Waals surface area contributed by atoms with Crippen LogP contribution < -0.4 is 0 Å². The van der Waals surface area contributed by atoms with E-state index in [2.05, 4.69) is 4.98 Å². The second kappa shape index (κ2) is 4.13. The average Bonchev–Trinajstić information content (AvgIpc) is 2.69. The summed E-state index contributed by atoms with van der Waals surface area (Å²) in [5.74, 6) is -1.04. The van der Waals surface area contributed by atoms with E-state index in [9.17, 15) is 22.8 Å². The minimum absolute atomic E-state index is 0.0174. The molecule has 1 aromatic heterocycles. The third kappa shape index (κ3) is 2.11. The van der Waals surface area contributed by atoms with E-state index in [1.54, 1.807) is 0 Å². The monoisotopic (exact) mass is 275 g/mol. The van der Waals surface area contributed by atoms with Crippen molar-refractivity contribution in [1.29, 1.82) is 0 Å². The van der Waals surface area contributed by atoms with E-state index in [4.69, 9.17) is 11.6 Å². The van der Waals surface area contributed by atoms with Crippen molar-refractivity contribution < 1.29 is 22.8 Å². The Hall–Kier alpha value is -1.82. The van der Waals surface area contributed by atoms with Crippen LogP contribution in [0, 0.1) is 0 Å². The van der Waals surface area contributed by atoms with Gasteiger partial charge in [0.05, 0.1) is 11.1 Å². The highest BCUT2D eigenvalue weighted by atomic mass is 35.5. The van der Waals surface area contributed by atoms with Crippen molar-refractivity contribution in [3.8, 4) is 0 Å². The zero-order valence-corrected chi connectivity index (χ0v) is 9.39. The molecule has 94 valence electrons. The number of H-pyrrole nitrogens is 1. The zero-order chi connectivity index (χ0) is 13.5. The van der Waals surface area contributed by atoms with Crippen molar-refractivity contribution in [2.45, 2.75) is 6.18 Å². The third-order valence-electron chi connectivity index (χ3n) is 2.43. The Balaban J connectivity index is 2.64. The molecule has 0 amide bonds. The predicted octanol–water partition coefficient (Wildman–Crippen LogP) is 3.13. The molecule has 1 N–H and O–H groups in total. The fourth-order valence-electron chi connectivity index (χ4n) is 1.59. The molecule has 2 rings (SSSR count). The number of carbonyl (C=O) groups excluding carboxylic acids is 2. The molecule has 0 spiro atoms. The number of fused-ring (bicyclic) bond motifs is 1. The molecule has 0 saturated heterocycles. The molecule has 0 fully saturated rings. The number of nitrogens with one attached hydrogen (secondary N) is 1. The molecule has 7 heteroatoms. The lowest BCUT2D eigenvalue weighted by molar-refractivity contribution is -0.137. The van der Waals surface area contributed by atoms with Crippen LogP contribution in [0.3, 0.4) is 0 Å². The van der Waals surface area contributed by atoms with Crippen LogP contribution in [0.15, 0.2) is 24.4 Å². The van der Waals surface area contributed by atoms with E-state index < -0.39 is 22.8 Å². The van der Waals surface area contributed by atoms with E-state index in [1.165, 1.54) is 6.07 Å². The molecule has 0 aliphatic carbocycles. The van der Waals surface area contributed by atoms with Gasteiger partial charge in [-0.15, -0.1) is 0 Å². The Morgan fingerprint density at radius 3 is 2.44 bits per heavy atom. The van der Waals surface area contributed by atoms with Gasteiger partial charge in [-0.1, -0.05) is 0 Å². The van der Waals surface area contributed by atoms with Gasteiger partial charge in [0, 0.05) is 17.1 Å². The van der Waals surface area contributed by atoms with Gasteiger partial charge in [0.25, 0.3) is 5.24 Å². The Kier molecular flexibility index (Phi) is 2.90. The fraction of sp³-hybridized carbons (Fsp3) is 0.0909. The first-order valence-corrected chi connectivity index (χ1v) is 5.11. The third-order valence-corrected chi connectivity index (χ3v) is 2.60. The van der Waals surface area contributed by atoms with Crippen molar-refractivity contribution in [2.24, 2.45) is 0 Å². The quantitative estimate of drug-likeness (QED) is 0.520. The Labute approximate surface area is 104 Å². The first-order chi connectivity index (χ1) is 8.30. The molecule has 0 aliphatic heterocycles. The normalized spacial score (nSPS) is 11.8. The van der Waals surface area contributed by atoms with E-state index >= 15 is 0 Å². The average molecular weight is 276 g/mol. The first kappa shape index (κ1) is 12.6. The highest BCUT2D eigenvalue weighted by Gasteiger charge is 2.31. The number of halogens is 4. The molecule has 0 saturated carbocycles. The molecule has 0 radical (unpaired) electrons. The number of hydrogen-bond acceptors (Lipinski definition) is 2. The molecule has 2 aromatic rings. The van der Waals surface area contributed by atoms with Crippen molar-refractivity contribution in [3.05, 3.63) is 35.5 Å². The largest absolute Gasteiger partial charge is 0.416 e. The Bertz CT molecular complexity index is 645. The van der Waals surface area contributed by atoms with E-state index in [-0.39, 0.29) is 10.9 Å². The van der Waals surface area contributed by atoms with Crippen LogP contribution in [0.1, 0.15) is 15.9 Å². The van der Waals surface area contributed by atoms with Gasteiger partial charge in [0.2, 0.25) is 5.78 Å². The van der Waals surface area contributed by atoms with E-state index in [0.717, 1.165) is 18.3 Å². The van der Waals surface area contributed by atoms with Crippen LogP contribution in [0.2, 0.25) is 0 Å². The van der Waals surface area contributed by atoms with E-state index in [1.807, 2.05) is 0 Å². The van der Waals surface area contributed by atoms with Crippen LogP contribution in [-0.4, -0.2) is 16.0 Å². The van der Waals surface area contributed by atoms with Crippen LogP contribution in [0.25, 0.3) is 10.9 Å². The van der Waals surface area contributed by atoms with E-state index in [0.29, 0.717) is 5.52 Å². The van der Waals surface area contributed by atoms with Gasteiger partial charge in [-0.25, -0.2) is 0 Å². The number of benzene rings is 1. The van der Waals surface area contributed by atoms with Gasteiger partial charge < -0.3 is 4.98 Å². The molecule has 3 nitrogen and oxygen atoms in total. The number of aromatic nitrogens is 1. The number of aromatic amines is 1. The molecular weight excluding hydrogens is 271 g/mol. The molecule has 1 aromatic carbocycles. The number of Topliss-reactive ketones (excluding diaryl/α,β-unsaturated/α-hetero) is 1. The van der Waals surface area contributed by atoms with Gasteiger partial charge in [-0.05, 0) is 29.8 Å². The zero-order valence-electron chi connectivity index (χ0n) is 8.64. The van der Waals surface area contributed by atoms with Gasteiger partial charge in [0.15, 0.2) is 0 Å². The smallest absolute Gasteiger partial charge is 0.360 e. The van der Waals surface area contributed by atoms with Crippen molar-refractivity contribution >= 4 is 33.5 Å². The number of ketones is 1. The summed E-state index contributed by atoms with van der Waals surface area (Å²) in [6, 6.07) is 2.88. The maximum atomic E-state index is 12.5. The first-order valence-electron chi connectivity index (χ1n) is 4.73. The highest BCUT2D eigenvalue weighted by Crippen LogP contribution is 2.32. The number of hydrogen-bond donors (Lipinski definition) is 1. The maximum absolute atomic E-state index is 12.5. The summed E-state index contributed by atoms with van der Waals surface area (Å²) in [4.78, 5) is 24.7. The summed E-state index contributed by atoms with van der Waals surface area (Å²) in [5.41, 5.74) is -0.744. The summed E-state index contributed by atoms with van der Waals surface area (Å²) < 4.78 is 37.6. The molecule has 0 bridgehead atoms. The molecule has 0 atom stereocenters. The lowest BCUT2D eigenvalue weighted by Crippen LogP contribution is -2.07. The number of rotatable bonds is 2. The van der Waals surface area contributed by atoms with Gasteiger partial charge in [-0.2, -0.15) is 13.2 Å². The Morgan fingerprint density at radius 1 is 1.22 bits per heavy atom. The van der Waals surface area contributed by atoms with Crippen LogP contribution in [0.5, 0.6) is 0 Å². The molecule has 18 heavy (non-hydrogen) atoms. The topological polar surface area (TPSA) is 49.9 Å². The van der Waals surface area contributed by atoms with Crippen molar-refractivity contribution in [1.82, 2.24) is 4.98 Å². The molecule has 0 unspecified atom stereocenters. The molecule has 0 aliphatic rings. The van der Waals surface area contributed by atoms with Crippen LogP contribution in [-0.2, 0) is 11.0 Å². The minimum atomic E-state index is -4.52. The van der Waals surface area contributed by atoms with Gasteiger partial charge in [0.1, 0.15) is 0 Å². The molecule has 1 heterocycles. The fourth-order valence-corrected chi connectivity index (χ4v) is 1.69. The summed E-state index contributed by atoms with van der Waals surface area (Å²) in [5, 5.41) is -1.22. The summed E-state index contributed by atoms with van der Waals surface area (Å²) in [7, 11) is 0. The second-order valence-electron chi connectivity index (χ2n) is 3.56. The van der Waals surface area contributed by atoms with Gasteiger partial charge >= 0.3 is 6.18 Å². The lowest BCUT2D eigenvalue weighted by Gasteiger charge is -2.06. The summed E-state index contributed by atoms with van der Waals surface area (Å²) >= 11 is 5.03. The van der Waals surface area contributed by atoms with Crippen LogP contribution >= 0.6 is 11.6 Å².